The second-order valence-corrected chi connectivity index (χ2v) is 5.98. The highest BCUT2D eigenvalue weighted by Crippen LogP contribution is 2.45. The van der Waals surface area contributed by atoms with E-state index in [1.165, 1.54) is 11.6 Å². The molecule has 1 aliphatic rings. The van der Waals surface area contributed by atoms with E-state index in [1.807, 2.05) is 6.07 Å². The summed E-state index contributed by atoms with van der Waals surface area (Å²) in [5.74, 6) is 0.986. The number of halogens is 2. The Labute approximate surface area is 114 Å². The second kappa shape index (κ2) is 5.44. The molecule has 1 aromatic carbocycles. The van der Waals surface area contributed by atoms with Gasteiger partial charge in [0.15, 0.2) is 0 Å². The SMILES string of the molecule is C=C(C(C)C)[C@@H]1CCC[C@H]1c1ccc(Cl)cc1F. The molecule has 2 heteroatoms. The third kappa shape index (κ3) is 2.61. The summed E-state index contributed by atoms with van der Waals surface area (Å²) < 4.78 is 14.0. The summed E-state index contributed by atoms with van der Waals surface area (Å²) in [7, 11) is 0. The second-order valence-electron chi connectivity index (χ2n) is 5.54. The molecule has 0 spiro atoms. The lowest BCUT2D eigenvalue weighted by Gasteiger charge is -2.25. The molecule has 1 saturated carbocycles. The van der Waals surface area contributed by atoms with Gasteiger partial charge in [0.25, 0.3) is 0 Å². The van der Waals surface area contributed by atoms with Crippen molar-refractivity contribution in [2.24, 2.45) is 11.8 Å². The molecule has 0 radical (unpaired) electrons. The molecule has 0 bridgehead atoms. The zero-order chi connectivity index (χ0) is 13.3. The van der Waals surface area contributed by atoms with E-state index < -0.39 is 0 Å². The summed E-state index contributed by atoms with van der Waals surface area (Å²) in [5.41, 5.74) is 2.07. The van der Waals surface area contributed by atoms with Gasteiger partial charge in [0, 0.05) is 5.02 Å². The highest BCUT2D eigenvalue weighted by Gasteiger charge is 2.32. The summed E-state index contributed by atoms with van der Waals surface area (Å²) in [6, 6.07) is 5.05. The van der Waals surface area contributed by atoms with Crippen LogP contribution in [0.1, 0.15) is 44.6 Å². The minimum atomic E-state index is -0.170. The third-order valence-electron chi connectivity index (χ3n) is 4.10. The van der Waals surface area contributed by atoms with Crippen molar-refractivity contribution in [1.29, 1.82) is 0 Å². The van der Waals surface area contributed by atoms with Crippen LogP contribution in [0, 0.1) is 17.7 Å². The molecular weight excluding hydrogens is 247 g/mol. The average Bonchev–Trinajstić information content (AvgIpc) is 2.76. The van der Waals surface area contributed by atoms with Gasteiger partial charge in [-0.1, -0.05) is 50.1 Å². The Bertz CT molecular complexity index is 450. The lowest BCUT2D eigenvalue weighted by atomic mass is 9.80. The Balaban J connectivity index is 2.29. The van der Waals surface area contributed by atoms with Crippen LogP contribution in [0.25, 0.3) is 0 Å². The van der Waals surface area contributed by atoms with Gasteiger partial charge in [-0.25, -0.2) is 4.39 Å². The third-order valence-corrected chi connectivity index (χ3v) is 4.33. The molecule has 1 aliphatic carbocycles. The predicted molar refractivity (Wildman–Crippen MR) is 75.5 cm³/mol. The lowest BCUT2D eigenvalue weighted by molar-refractivity contribution is 0.485. The van der Waals surface area contributed by atoms with Crippen molar-refractivity contribution in [3.8, 4) is 0 Å². The van der Waals surface area contributed by atoms with Crippen LogP contribution in [0.15, 0.2) is 30.4 Å². The van der Waals surface area contributed by atoms with E-state index in [-0.39, 0.29) is 11.7 Å². The van der Waals surface area contributed by atoms with Gasteiger partial charge in [-0.3, -0.25) is 0 Å². The first-order valence-corrected chi connectivity index (χ1v) is 7.02. The normalized spacial score (nSPS) is 23.6. The molecule has 0 aliphatic heterocycles. The largest absolute Gasteiger partial charge is 0.207 e. The van der Waals surface area contributed by atoms with Crippen molar-refractivity contribution >= 4 is 11.6 Å². The number of hydrogen-bond donors (Lipinski definition) is 0. The summed E-state index contributed by atoms with van der Waals surface area (Å²) in [6.45, 7) is 8.54. The Morgan fingerprint density at radius 1 is 1.39 bits per heavy atom. The van der Waals surface area contributed by atoms with Gasteiger partial charge in [-0.05, 0) is 48.3 Å². The predicted octanol–water partition coefficient (Wildman–Crippen LogP) is 5.58. The average molecular weight is 267 g/mol. The van der Waals surface area contributed by atoms with E-state index >= 15 is 0 Å². The fourth-order valence-electron chi connectivity index (χ4n) is 3.01. The number of benzene rings is 1. The molecule has 0 amide bonds. The van der Waals surface area contributed by atoms with E-state index in [1.54, 1.807) is 6.07 Å². The summed E-state index contributed by atoms with van der Waals surface area (Å²) in [6.07, 6.45) is 3.34. The molecule has 2 atom stereocenters. The molecule has 2 rings (SSSR count). The van der Waals surface area contributed by atoms with Crippen LogP contribution in [0.2, 0.25) is 5.02 Å². The first kappa shape index (κ1) is 13.6. The molecule has 0 unspecified atom stereocenters. The van der Waals surface area contributed by atoms with Gasteiger partial charge in [-0.15, -0.1) is 0 Å². The minimum absolute atomic E-state index is 0.170. The maximum absolute atomic E-state index is 14.0. The van der Waals surface area contributed by atoms with Gasteiger partial charge in [0.1, 0.15) is 5.82 Å². The topological polar surface area (TPSA) is 0 Å². The highest BCUT2D eigenvalue weighted by atomic mass is 35.5. The lowest BCUT2D eigenvalue weighted by Crippen LogP contribution is -2.13. The van der Waals surface area contributed by atoms with Crippen LogP contribution in [0.5, 0.6) is 0 Å². The standard InChI is InChI=1S/C16H20ClF/c1-10(2)11(3)13-5-4-6-14(13)15-8-7-12(17)9-16(15)18/h7-10,13-14H,3-6H2,1-2H3/t13-,14+/m0/s1. The quantitative estimate of drug-likeness (QED) is 0.627. The van der Waals surface area contributed by atoms with Crippen molar-refractivity contribution in [2.45, 2.75) is 39.0 Å². The molecule has 98 valence electrons. The maximum Gasteiger partial charge on any atom is 0.128 e. The Kier molecular flexibility index (Phi) is 4.11. The van der Waals surface area contributed by atoms with E-state index in [9.17, 15) is 4.39 Å². The molecule has 0 saturated heterocycles. The van der Waals surface area contributed by atoms with Crippen LogP contribution in [-0.4, -0.2) is 0 Å². The van der Waals surface area contributed by atoms with Crippen LogP contribution < -0.4 is 0 Å². The zero-order valence-corrected chi connectivity index (χ0v) is 11.8. The fraction of sp³-hybridized carbons (Fsp3) is 0.500. The van der Waals surface area contributed by atoms with Gasteiger partial charge in [-0.2, -0.15) is 0 Å². The van der Waals surface area contributed by atoms with Crippen molar-refractivity contribution in [3.05, 3.63) is 46.8 Å². The van der Waals surface area contributed by atoms with Gasteiger partial charge in [0.05, 0.1) is 0 Å². The molecule has 0 N–H and O–H groups in total. The highest BCUT2D eigenvalue weighted by molar-refractivity contribution is 6.30. The first-order chi connectivity index (χ1) is 8.50. The van der Waals surface area contributed by atoms with Crippen molar-refractivity contribution in [3.63, 3.8) is 0 Å². The van der Waals surface area contributed by atoms with Crippen LogP contribution in [0.3, 0.4) is 0 Å². The Hall–Kier alpha value is -0.820. The molecule has 1 fully saturated rings. The number of hydrogen-bond acceptors (Lipinski definition) is 0. The molecule has 1 aromatic rings. The molecule has 18 heavy (non-hydrogen) atoms. The van der Waals surface area contributed by atoms with E-state index in [0.717, 1.165) is 24.8 Å². The monoisotopic (exact) mass is 266 g/mol. The molecule has 0 aromatic heterocycles. The van der Waals surface area contributed by atoms with Crippen molar-refractivity contribution < 1.29 is 4.39 Å². The van der Waals surface area contributed by atoms with Crippen molar-refractivity contribution in [1.82, 2.24) is 0 Å². The Morgan fingerprint density at radius 3 is 2.72 bits per heavy atom. The molecular formula is C16H20ClF. The number of rotatable bonds is 3. The van der Waals surface area contributed by atoms with Crippen molar-refractivity contribution in [2.75, 3.05) is 0 Å². The van der Waals surface area contributed by atoms with Gasteiger partial charge < -0.3 is 0 Å². The van der Waals surface area contributed by atoms with Crippen LogP contribution >= 0.6 is 11.6 Å². The maximum atomic E-state index is 14.0. The summed E-state index contributed by atoms with van der Waals surface area (Å²) in [4.78, 5) is 0. The smallest absolute Gasteiger partial charge is 0.128 e. The Morgan fingerprint density at radius 2 is 2.11 bits per heavy atom. The first-order valence-electron chi connectivity index (χ1n) is 6.64. The van der Waals surface area contributed by atoms with Crippen LogP contribution in [-0.2, 0) is 0 Å². The van der Waals surface area contributed by atoms with E-state index in [2.05, 4.69) is 20.4 Å². The molecule has 0 nitrogen and oxygen atoms in total. The summed E-state index contributed by atoms with van der Waals surface area (Å²) >= 11 is 5.82. The number of allylic oxidation sites excluding steroid dienone is 1. The molecule has 0 heterocycles. The van der Waals surface area contributed by atoms with Gasteiger partial charge in [0.2, 0.25) is 0 Å². The van der Waals surface area contributed by atoms with E-state index in [4.69, 9.17) is 11.6 Å². The fourth-order valence-corrected chi connectivity index (χ4v) is 3.17. The minimum Gasteiger partial charge on any atom is -0.207 e. The van der Waals surface area contributed by atoms with E-state index in [0.29, 0.717) is 16.9 Å². The zero-order valence-electron chi connectivity index (χ0n) is 11.0. The van der Waals surface area contributed by atoms with Crippen LogP contribution in [0.4, 0.5) is 4.39 Å². The van der Waals surface area contributed by atoms with Gasteiger partial charge >= 0.3 is 0 Å². The summed E-state index contributed by atoms with van der Waals surface area (Å²) in [5, 5.41) is 0.466.